The van der Waals surface area contributed by atoms with Gasteiger partial charge in [0.1, 0.15) is 5.78 Å². The van der Waals surface area contributed by atoms with Crippen molar-refractivity contribution in [3.63, 3.8) is 0 Å². The highest BCUT2D eigenvalue weighted by atomic mass is 16.1. The molecule has 3 rings (SSSR count). The van der Waals surface area contributed by atoms with Gasteiger partial charge in [0.2, 0.25) is 0 Å². The van der Waals surface area contributed by atoms with Crippen LogP contribution in [0.15, 0.2) is 103 Å². The third-order valence-corrected chi connectivity index (χ3v) is 6.72. The smallest absolute Gasteiger partial charge is 0.152 e. The second-order valence-electron chi connectivity index (χ2n) is 10.8. The molecule has 2 nitrogen and oxygen atoms in total. The van der Waals surface area contributed by atoms with Gasteiger partial charge in [-0.1, -0.05) is 103 Å². The Kier molecular flexibility index (Phi) is 14.3. The summed E-state index contributed by atoms with van der Waals surface area (Å²) in [6.07, 6.45) is 9.38. The number of benzene rings is 3. The molecule has 0 spiro atoms. The maximum atomic E-state index is 11.7. The summed E-state index contributed by atoms with van der Waals surface area (Å²) >= 11 is 0. The van der Waals surface area contributed by atoms with Crippen LogP contribution in [0.5, 0.6) is 0 Å². The normalized spacial score (nSPS) is 12.3. The van der Waals surface area contributed by atoms with E-state index in [4.69, 9.17) is 0 Å². The monoisotopic (exact) mass is 520 g/mol. The summed E-state index contributed by atoms with van der Waals surface area (Å²) < 4.78 is 0. The SMILES string of the molecule is CC(=O)/C=C(\C)CCc1ccccc1.CC(=O)C[C@@](C)(CCCC#Cc1ccccc1)CCc1ccccc1. The lowest BCUT2D eigenvalue weighted by atomic mass is 9.76. The molecule has 0 bridgehead atoms. The molecule has 0 N–H and O–H groups in total. The lowest BCUT2D eigenvalue weighted by Crippen LogP contribution is -2.21. The van der Waals surface area contributed by atoms with Gasteiger partial charge in [-0.05, 0) is 94.0 Å². The van der Waals surface area contributed by atoms with Crippen molar-refractivity contribution in [3.8, 4) is 11.8 Å². The second-order valence-corrected chi connectivity index (χ2v) is 10.8. The summed E-state index contributed by atoms with van der Waals surface area (Å²) in [6.45, 7) is 7.55. The Labute approximate surface area is 236 Å². The molecule has 0 unspecified atom stereocenters. The van der Waals surface area contributed by atoms with E-state index in [0.29, 0.717) is 6.42 Å². The molecule has 0 aliphatic rings. The van der Waals surface area contributed by atoms with Crippen molar-refractivity contribution in [3.05, 3.63) is 119 Å². The highest BCUT2D eigenvalue weighted by Gasteiger charge is 2.25. The third kappa shape index (κ3) is 14.7. The van der Waals surface area contributed by atoms with Gasteiger partial charge in [-0.25, -0.2) is 0 Å². The van der Waals surface area contributed by atoms with Crippen LogP contribution >= 0.6 is 0 Å². The number of allylic oxidation sites excluding steroid dienone is 2. The summed E-state index contributed by atoms with van der Waals surface area (Å²) in [7, 11) is 0. The van der Waals surface area contributed by atoms with E-state index in [2.05, 4.69) is 55.2 Å². The maximum Gasteiger partial charge on any atom is 0.152 e. The molecule has 3 aromatic rings. The van der Waals surface area contributed by atoms with Crippen LogP contribution in [0.3, 0.4) is 0 Å². The van der Waals surface area contributed by atoms with Crippen molar-refractivity contribution in [2.45, 2.75) is 79.1 Å². The van der Waals surface area contributed by atoms with E-state index in [-0.39, 0.29) is 17.0 Å². The van der Waals surface area contributed by atoms with Gasteiger partial charge in [0.25, 0.3) is 0 Å². The number of ketones is 2. The summed E-state index contributed by atoms with van der Waals surface area (Å²) in [5, 5.41) is 0. The van der Waals surface area contributed by atoms with Gasteiger partial charge in [-0.3, -0.25) is 4.79 Å². The van der Waals surface area contributed by atoms with Crippen LogP contribution in [-0.2, 0) is 22.4 Å². The molecule has 0 fully saturated rings. The topological polar surface area (TPSA) is 34.1 Å². The number of carbonyl (C=O) groups excluding carboxylic acids is 2. The van der Waals surface area contributed by atoms with Crippen LogP contribution in [-0.4, -0.2) is 11.6 Å². The number of rotatable bonds is 12. The van der Waals surface area contributed by atoms with E-state index >= 15 is 0 Å². The predicted molar refractivity (Wildman–Crippen MR) is 165 cm³/mol. The zero-order valence-electron chi connectivity index (χ0n) is 24.2. The van der Waals surface area contributed by atoms with E-state index in [1.807, 2.05) is 61.5 Å². The Morgan fingerprint density at radius 3 is 1.82 bits per heavy atom. The molecule has 0 heterocycles. The first-order valence-electron chi connectivity index (χ1n) is 14.0. The van der Waals surface area contributed by atoms with E-state index in [0.717, 1.165) is 56.1 Å². The van der Waals surface area contributed by atoms with Crippen molar-refractivity contribution >= 4 is 11.6 Å². The minimum atomic E-state index is 0.0656. The standard InChI is InChI=1S/C24H28O.C13H16O/c1-21(25)20-24(2,19-17-23-15-8-4-9-16-23)18-11-5-10-14-22-12-6-3-7-13-22;1-11(10-12(2)14)8-9-13-6-4-3-5-7-13/h3-4,6-9,12-13,15-16H,5,11,17-20H2,1-2H3;3-7,10H,8-9H2,1-2H3/b;11-10+/t24-;/m0./s1. The minimum absolute atomic E-state index is 0.0656. The van der Waals surface area contributed by atoms with Gasteiger partial charge in [0.05, 0.1) is 0 Å². The second kappa shape index (κ2) is 17.7. The van der Waals surface area contributed by atoms with Crippen LogP contribution < -0.4 is 0 Å². The molecule has 0 saturated heterocycles. The largest absolute Gasteiger partial charge is 0.300 e. The Balaban J connectivity index is 0.000000322. The van der Waals surface area contributed by atoms with Gasteiger partial charge in [0.15, 0.2) is 5.78 Å². The summed E-state index contributed by atoms with van der Waals surface area (Å²) in [4.78, 5) is 22.5. The van der Waals surface area contributed by atoms with Crippen LogP contribution in [0, 0.1) is 17.3 Å². The van der Waals surface area contributed by atoms with E-state index in [1.165, 1.54) is 11.1 Å². The molecule has 1 atom stereocenters. The number of aryl methyl sites for hydroxylation is 2. The fourth-order valence-corrected chi connectivity index (χ4v) is 4.69. The Hall–Kier alpha value is -3.70. The van der Waals surface area contributed by atoms with E-state index < -0.39 is 0 Å². The molecular weight excluding hydrogens is 476 g/mol. The van der Waals surface area contributed by atoms with Crippen molar-refractivity contribution in [1.29, 1.82) is 0 Å². The van der Waals surface area contributed by atoms with Crippen molar-refractivity contribution in [2.24, 2.45) is 5.41 Å². The molecular formula is C37H44O2. The summed E-state index contributed by atoms with van der Waals surface area (Å²) in [5.74, 6) is 6.90. The zero-order valence-corrected chi connectivity index (χ0v) is 24.2. The lowest BCUT2D eigenvalue weighted by molar-refractivity contribution is -0.119. The zero-order chi connectivity index (χ0) is 28.3. The first kappa shape index (κ1) is 31.5. The first-order valence-corrected chi connectivity index (χ1v) is 14.0. The van der Waals surface area contributed by atoms with Gasteiger partial charge < -0.3 is 4.79 Å². The molecule has 204 valence electrons. The fraction of sp³-hybridized carbons (Fsp3) is 0.351. The van der Waals surface area contributed by atoms with Crippen LogP contribution in [0.25, 0.3) is 0 Å². The molecule has 0 amide bonds. The number of hydrogen-bond acceptors (Lipinski definition) is 2. The summed E-state index contributed by atoms with van der Waals surface area (Å²) in [6, 6.07) is 31.0. The van der Waals surface area contributed by atoms with Crippen molar-refractivity contribution < 1.29 is 9.59 Å². The average Bonchev–Trinajstić information content (AvgIpc) is 2.92. The fourth-order valence-electron chi connectivity index (χ4n) is 4.69. The Bertz CT molecular complexity index is 1210. The lowest BCUT2D eigenvalue weighted by Gasteiger charge is -2.28. The van der Waals surface area contributed by atoms with E-state index in [1.54, 1.807) is 19.9 Å². The minimum Gasteiger partial charge on any atom is -0.300 e. The van der Waals surface area contributed by atoms with Crippen LogP contribution in [0.1, 0.15) is 82.9 Å². The van der Waals surface area contributed by atoms with Crippen molar-refractivity contribution in [1.82, 2.24) is 0 Å². The molecule has 0 aromatic heterocycles. The first-order chi connectivity index (χ1) is 18.8. The van der Waals surface area contributed by atoms with Gasteiger partial charge in [-0.2, -0.15) is 0 Å². The Morgan fingerprint density at radius 2 is 1.28 bits per heavy atom. The van der Waals surface area contributed by atoms with Crippen LogP contribution in [0.4, 0.5) is 0 Å². The van der Waals surface area contributed by atoms with Crippen molar-refractivity contribution in [2.75, 3.05) is 0 Å². The quantitative estimate of drug-likeness (QED) is 0.136. The Morgan fingerprint density at radius 1 is 0.744 bits per heavy atom. The molecule has 0 aliphatic heterocycles. The van der Waals surface area contributed by atoms with E-state index in [9.17, 15) is 9.59 Å². The summed E-state index contributed by atoms with van der Waals surface area (Å²) in [5.41, 5.74) is 4.96. The number of unbranched alkanes of at least 4 members (excludes halogenated alkanes) is 1. The number of carbonyl (C=O) groups is 2. The molecule has 0 radical (unpaired) electrons. The predicted octanol–water partition coefficient (Wildman–Crippen LogP) is 8.98. The van der Waals surface area contributed by atoms with Gasteiger partial charge in [0, 0.05) is 18.4 Å². The molecule has 0 saturated carbocycles. The van der Waals surface area contributed by atoms with Crippen LogP contribution in [0.2, 0.25) is 0 Å². The molecule has 0 aliphatic carbocycles. The maximum absolute atomic E-state index is 11.7. The average molecular weight is 521 g/mol. The number of Topliss-reactive ketones (excluding diaryl/α,β-unsaturated/α-hetero) is 1. The highest BCUT2D eigenvalue weighted by Crippen LogP contribution is 2.34. The highest BCUT2D eigenvalue weighted by molar-refractivity contribution is 5.87. The van der Waals surface area contributed by atoms with Gasteiger partial charge in [-0.15, -0.1) is 0 Å². The number of hydrogen-bond donors (Lipinski definition) is 0. The molecule has 39 heavy (non-hydrogen) atoms. The molecule has 3 aromatic carbocycles. The van der Waals surface area contributed by atoms with Gasteiger partial charge >= 0.3 is 0 Å². The molecule has 2 heteroatoms. The third-order valence-electron chi connectivity index (χ3n) is 6.72.